The normalized spacial score (nSPS) is 11.6. The van der Waals surface area contributed by atoms with E-state index in [1.54, 1.807) is 0 Å². The van der Waals surface area contributed by atoms with Gasteiger partial charge in [0, 0.05) is 21.9 Å². The molecule has 2 heterocycles. The molecule has 0 unspecified atom stereocenters. The van der Waals surface area contributed by atoms with Crippen LogP contribution in [0.5, 0.6) is 0 Å². The van der Waals surface area contributed by atoms with Gasteiger partial charge in [-0.05, 0) is 63.1 Å². The van der Waals surface area contributed by atoms with Gasteiger partial charge in [-0.25, -0.2) is 15.0 Å². The van der Waals surface area contributed by atoms with Gasteiger partial charge < -0.3 is 4.57 Å². The number of rotatable bonds is 9. The highest BCUT2D eigenvalue weighted by molar-refractivity contribution is 7.19. The Morgan fingerprint density at radius 2 is 0.810 bits per heavy atom. The quantitative estimate of drug-likeness (QED) is 0.108. The number of hydrogen-bond donors (Lipinski definition) is 0. The van der Waals surface area contributed by atoms with E-state index in [2.05, 4.69) is 212 Å². The SMILES string of the molecule is Cc1ccc2c(c1)c1ccccc1n2-c1cccc(-c2ccc([Si](c3ccccc3)(c3ccccc3)c3ccccc3)cc2)c1-c1nc(-c2ccccc2)nc(-c2ccccc2)n1. The molecule has 2 aromatic heterocycles. The van der Waals surface area contributed by atoms with Crippen LogP contribution in [0.1, 0.15) is 5.56 Å². The summed E-state index contributed by atoms with van der Waals surface area (Å²) in [5.41, 5.74) is 9.37. The maximum atomic E-state index is 5.38. The van der Waals surface area contributed by atoms with E-state index in [9.17, 15) is 0 Å². The fourth-order valence-electron chi connectivity index (χ4n) is 9.43. The highest BCUT2D eigenvalue weighted by Gasteiger charge is 2.41. The van der Waals surface area contributed by atoms with Crippen molar-refractivity contribution in [2.45, 2.75) is 6.92 Å². The van der Waals surface area contributed by atoms with E-state index in [0.29, 0.717) is 17.5 Å². The molecule has 63 heavy (non-hydrogen) atoms. The van der Waals surface area contributed by atoms with Crippen molar-refractivity contribution in [3.8, 4) is 51.0 Å². The van der Waals surface area contributed by atoms with Crippen LogP contribution in [-0.4, -0.2) is 27.6 Å². The molecular formula is C58H42N4Si. The molecule has 0 aliphatic rings. The van der Waals surface area contributed by atoms with E-state index in [1.165, 1.54) is 37.1 Å². The second-order valence-corrected chi connectivity index (χ2v) is 19.8. The molecule has 0 bridgehead atoms. The first-order valence-electron chi connectivity index (χ1n) is 21.4. The number of hydrogen-bond acceptors (Lipinski definition) is 3. The average Bonchev–Trinajstić information content (AvgIpc) is 3.69. The molecule has 11 rings (SSSR count). The molecule has 9 aromatic carbocycles. The van der Waals surface area contributed by atoms with Gasteiger partial charge in [0.2, 0.25) is 0 Å². The largest absolute Gasteiger partial charge is 0.308 e. The van der Waals surface area contributed by atoms with Crippen LogP contribution in [0.3, 0.4) is 0 Å². The second kappa shape index (κ2) is 16.1. The molecule has 0 spiro atoms. The van der Waals surface area contributed by atoms with E-state index in [4.69, 9.17) is 15.0 Å². The van der Waals surface area contributed by atoms with Gasteiger partial charge in [0.25, 0.3) is 0 Å². The van der Waals surface area contributed by atoms with E-state index in [0.717, 1.165) is 44.5 Å². The average molecular weight is 823 g/mol. The number of nitrogens with zero attached hydrogens (tertiary/aromatic N) is 4. The Morgan fingerprint density at radius 1 is 0.349 bits per heavy atom. The van der Waals surface area contributed by atoms with Crippen LogP contribution in [0, 0.1) is 6.92 Å². The molecule has 4 nitrogen and oxygen atoms in total. The topological polar surface area (TPSA) is 43.6 Å². The minimum absolute atomic E-state index is 0.608. The van der Waals surface area contributed by atoms with Crippen LogP contribution in [-0.2, 0) is 0 Å². The van der Waals surface area contributed by atoms with Gasteiger partial charge in [-0.2, -0.15) is 0 Å². The van der Waals surface area contributed by atoms with Crippen LogP contribution in [0.2, 0.25) is 0 Å². The van der Waals surface area contributed by atoms with Crippen LogP contribution < -0.4 is 20.7 Å². The van der Waals surface area contributed by atoms with Gasteiger partial charge >= 0.3 is 0 Å². The zero-order chi connectivity index (χ0) is 42.2. The molecular weight excluding hydrogens is 781 g/mol. The van der Waals surface area contributed by atoms with Crippen LogP contribution >= 0.6 is 0 Å². The third kappa shape index (κ3) is 6.67. The first-order chi connectivity index (χ1) is 31.2. The summed E-state index contributed by atoms with van der Waals surface area (Å²) in [5.74, 6) is 1.85. The lowest BCUT2D eigenvalue weighted by atomic mass is 9.97. The maximum Gasteiger partial charge on any atom is 0.179 e. The van der Waals surface area contributed by atoms with Crippen LogP contribution in [0.4, 0.5) is 0 Å². The standard InChI is InChI=1S/C58H42N4Si/c1-41-34-39-53-51(40-41)50-30-17-18-32-52(50)62(53)54-33-19-31-49(55(54)58-60-56(43-20-7-2-8-21-43)59-57(61-58)44-22-9-3-10-23-44)42-35-37-48(38-36-42)63(45-24-11-4-12-25-45,46-26-13-5-14-27-46)47-28-15-6-16-29-47/h2-40H,1H3. The fraction of sp³-hybridized carbons (Fsp3) is 0.0172. The van der Waals surface area contributed by atoms with E-state index < -0.39 is 8.07 Å². The van der Waals surface area contributed by atoms with Gasteiger partial charge in [-0.3, -0.25) is 0 Å². The number of aromatic nitrogens is 4. The third-order valence-corrected chi connectivity index (χ3v) is 17.1. The minimum Gasteiger partial charge on any atom is -0.308 e. The lowest BCUT2D eigenvalue weighted by Crippen LogP contribution is -2.74. The summed E-state index contributed by atoms with van der Waals surface area (Å²) in [6.45, 7) is 2.16. The van der Waals surface area contributed by atoms with Gasteiger partial charge in [0.15, 0.2) is 25.5 Å². The molecule has 0 amide bonds. The van der Waals surface area contributed by atoms with E-state index in [1.807, 2.05) is 36.4 Å². The highest BCUT2D eigenvalue weighted by atomic mass is 28.3. The van der Waals surface area contributed by atoms with E-state index in [-0.39, 0.29) is 0 Å². The van der Waals surface area contributed by atoms with Gasteiger partial charge in [0.1, 0.15) is 0 Å². The lowest BCUT2D eigenvalue weighted by molar-refractivity contribution is 1.06. The summed E-state index contributed by atoms with van der Waals surface area (Å²) >= 11 is 0. The van der Waals surface area contributed by atoms with E-state index >= 15 is 0 Å². The first kappa shape index (κ1) is 38.0. The summed E-state index contributed by atoms with van der Waals surface area (Å²) in [6.07, 6.45) is 0. The molecule has 0 N–H and O–H groups in total. The van der Waals surface area contributed by atoms with Crippen molar-refractivity contribution >= 4 is 50.6 Å². The monoisotopic (exact) mass is 822 g/mol. The molecule has 0 fully saturated rings. The van der Waals surface area contributed by atoms with Crippen LogP contribution in [0.25, 0.3) is 72.8 Å². The molecule has 0 aliphatic carbocycles. The van der Waals surface area contributed by atoms with Crippen molar-refractivity contribution in [1.82, 2.24) is 19.5 Å². The van der Waals surface area contributed by atoms with Crippen LogP contribution in [0.15, 0.2) is 237 Å². The number of aryl methyl sites for hydroxylation is 1. The zero-order valence-electron chi connectivity index (χ0n) is 34.8. The minimum atomic E-state index is -2.75. The Morgan fingerprint density at radius 3 is 1.37 bits per heavy atom. The zero-order valence-corrected chi connectivity index (χ0v) is 35.8. The highest BCUT2D eigenvalue weighted by Crippen LogP contribution is 2.41. The smallest absolute Gasteiger partial charge is 0.179 e. The Balaban J connectivity index is 1.20. The van der Waals surface area contributed by atoms with Crippen molar-refractivity contribution in [3.05, 3.63) is 242 Å². The number of para-hydroxylation sites is 1. The lowest BCUT2D eigenvalue weighted by Gasteiger charge is -2.34. The molecule has 5 heteroatoms. The predicted molar refractivity (Wildman–Crippen MR) is 264 cm³/mol. The van der Waals surface area contributed by atoms with Crippen molar-refractivity contribution < 1.29 is 0 Å². The Labute approximate surface area is 368 Å². The third-order valence-electron chi connectivity index (χ3n) is 12.3. The van der Waals surface area contributed by atoms with Crippen molar-refractivity contribution in [3.63, 3.8) is 0 Å². The molecule has 0 atom stereocenters. The summed E-state index contributed by atoms with van der Waals surface area (Å²) < 4.78 is 2.39. The summed E-state index contributed by atoms with van der Waals surface area (Å²) in [7, 11) is -2.75. The van der Waals surface area contributed by atoms with Crippen molar-refractivity contribution in [2.75, 3.05) is 0 Å². The van der Waals surface area contributed by atoms with Gasteiger partial charge in [-0.15, -0.1) is 0 Å². The molecule has 298 valence electrons. The molecule has 0 radical (unpaired) electrons. The maximum absolute atomic E-state index is 5.38. The summed E-state index contributed by atoms with van der Waals surface area (Å²) in [6, 6.07) is 85.1. The molecule has 0 aliphatic heterocycles. The van der Waals surface area contributed by atoms with Crippen molar-refractivity contribution in [2.24, 2.45) is 0 Å². The summed E-state index contributed by atoms with van der Waals surface area (Å²) in [4.78, 5) is 15.9. The van der Waals surface area contributed by atoms with Crippen molar-refractivity contribution in [1.29, 1.82) is 0 Å². The van der Waals surface area contributed by atoms with Gasteiger partial charge in [-0.1, -0.05) is 218 Å². The first-order valence-corrected chi connectivity index (χ1v) is 23.4. The predicted octanol–water partition coefficient (Wildman–Crippen LogP) is 11.3. The number of fused-ring (bicyclic) bond motifs is 3. The molecule has 11 aromatic rings. The van der Waals surface area contributed by atoms with Gasteiger partial charge in [0.05, 0.1) is 22.3 Å². The number of benzene rings is 9. The molecule has 0 saturated carbocycles. The fourth-order valence-corrected chi connectivity index (χ4v) is 14.2. The Hall–Kier alpha value is -7.99. The molecule has 0 saturated heterocycles. The Kier molecular flexibility index (Phi) is 9.72. The second-order valence-electron chi connectivity index (χ2n) is 16.0. The summed E-state index contributed by atoms with van der Waals surface area (Å²) in [5, 5.41) is 7.74. The Bertz CT molecular complexity index is 3220.